The number of carbonyl (C=O) groups excluding carboxylic acids is 2. The Kier molecular flexibility index (Phi) is 5.74. The van der Waals surface area contributed by atoms with E-state index < -0.39 is 0 Å². The number of hydrogen-bond donors (Lipinski definition) is 2. The van der Waals surface area contributed by atoms with E-state index in [9.17, 15) is 9.59 Å². The first-order valence-corrected chi connectivity index (χ1v) is 9.44. The van der Waals surface area contributed by atoms with Gasteiger partial charge in [0.15, 0.2) is 0 Å². The summed E-state index contributed by atoms with van der Waals surface area (Å²) in [6.07, 6.45) is 4.44. The summed E-state index contributed by atoms with van der Waals surface area (Å²) in [5.74, 6) is 0.722. The molecule has 5 nitrogen and oxygen atoms in total. The summed E-state index contributed by atoms with van der Waals surface area (Å²) in [4.78, 5) is 26.7. The van der Waals surface area contributed by atoms with E-state index >= 15 is 0 Å². The Bertz CT molecular complexity index is 631. The Hall–Kier alpha value is -1.88. The predicted molar refractivity (Wildman–Crippen MR) is 98.1 cm³/mol. The molecule has 3 unspecified atom stereocenters. The van der Waals surface area contributed by atoms with Gasteiger partial charge in [0.2, 0.25) is 11.8 Å². The van der Waals surface area contributed by atoms with Gasteiger partial charge >= 0.3 is 0 Å². The van der Waals surface area contributed by atoms with Crippen molar-refractivity contribution >= 4 is 11.8 Å². The van der Waals surface area contributed by atoms with E-state index in [4.69, 9.17) is 5.73 Å². The molecule has 25 heavy (non-hydrogen) atoms. The van der Waals surface area contributed by atoms with Crippen molar-refractivity contribution in [2.24, 2.45) is 11.7 Å². The van der Waals surface area contributed by atoms with Crippen molar-refractivity contribution in [1.29, 1.82) is 0 Å². The predicted octanol–water partition coefficient (Wildman–Crippen LogP) is 1.94. The number of piperidine rings is 1. The quantitative estimate of drug-likeness (QED) is 0.829. The van der Waals surface area contributed by atoms with Crippen LogP contribution in [0.4, 0.5) is 0 Å². The molecule has 3 atom stereocenters. The zero-order valence-corrected chi connectivity index (χ0v) is 15.0. The number of carbonyl (C=O) groups is 2. The fourth-order valence-electron chi connectivity index (χ4n) is 3.98. The number of hydrogen-bond acceptors (Lipinski definition) is 3. The molecule has 1 aliphatic heterocycles. The lowest BCUT2D eigenvalue weighted by Gasteiger charge is -2.36. The Morgan fingerprint density at radius 3 is 2.84 bits per heavy atom. The number of aryl methyl sites for hydroxylation is 1. The van der Waals surface area contributed by atoms with Crippen LogP contribution in [-0.2, 0) is 9.59 Å². The summed E-state index contributed by atoms with van der Waals surface area (Å²) in [7, 11) is 0. The van der Waals surface area contributed by atoms with Crippen LogP contribution < -0.4 is 11.1 Å². The van der Waals surface area contributed by atoms with Gasteiger partial charge in [-0.05, 0) is 49.7 Å². The van der Waals surface area contributed by atoms with Crippen LogP contribution in [-0.4, -0.2) is 42.4 Å². The summed E-state index contributed by atoms with van der Waals surface area (Å²) in [6.45, 7) is 3.84. The summed E-state index contributed by atoms with van der Waals surface area (Å²) in [5, 5.41) is 2.94. The minimum absolute atomic E-state index is 0.0234. The molecule has 0 radical (unpaired) electrons. The number of rotatable bonds is 6. The molecule has 1 aromatic carbocycles. The third-order valence-electron chi connectivity index (χ3n) is 5.51. The Morgan fingerprint density at radius 2 is 2.08 bits per heavy atom. The van der Waals surface area contributed by atoms with Gasteiger partial charge in [-0.3, -0.25) is 9.59 Å². The minimum atomic E-state index is -0.0234. The Labute approximate surface area is 150 Å². The van der Waals surface area contributed by atoms with E-state index in [0.717, 1.165) is 32.2 Å². The Morgan fingerprint density at radius 1 is 1.28 bits per heavy atom. The smallest absolute Gasteiger partial charge is 0.226 e. The molecule has 2 aliphatic rings. The van der Waals surface area contributed by atoms with E-state index in [1.807, 2.05) is 11.0 Å². The summed E-state index contributed by atoms with van der Waals surface area (Å²) < 4.78 is 0. The average Bonchev–Trinajstić information content (AvgIpc) is 3.41. The standard InChI is InChI=1S/C20H29N3O2/c1-14-6-2-3-8-16(14)17-12-18(17)20(25)23-11-5-4-7-15(23)13-22-19(24)9-10-21/h2-3,6,8,15,17-18H,4-5,7,9-13,21H2,1H3,(H,22,24). The molecule has 3 N–H and O–H groups in total. The summed E-state index contributed by atoms with van der Waals surface area (Å²) in [6, 6.07) is 8.49. The van der Waals surface area contributed by atoms with Crippen molar-refractivity contribution in [3.05, 3.63) is 35.4 Å². The second kappa shape index (κ2) is 8.00. The zero-order valence-electron chi connectivity index (χ0n) is 15.0. The van der Waals surface area contributed by atoms with E-state index in [0.29, 0.717) is 25.4 Å². The van der Waals surface area contributed by atoms with Crippen molar-refractivity contribution in [3.63, 3.8) is 0 Å². The Balaban J connectivity index is 1.60. The molecule has 1 aromatic rings. The van der Waals surface area contributed by atoms with Crippen molar-refractivity contribution in [3.8, 4) is 0 Å². The number of nitrogens with two attached hydrogens (primary N) is 1. The van der Waals surface area contributed by atoms with Gasteiger partial charge in [-0.2, -0.15) is 0 Å². The number of benzene rings is 1. The van der Waals surface area contributed by atoms with Crippen molar-refractivity contribution in [2.45, 2.75) is 51.0 Å². The van der Waals surface area contributed by atoms with Gasteiger partial charge in [-0.15, -0.1) is 0 Å². The fourth-order valence-corrected chi connectivity index (χ4v) is 3.98. The van der Waals surface area contributed by atoms with Crippen LogP contribution in [0.15, 0.2) is 24.3 Å². The maximum Gasteiger partial charge on any atom is 0.226 e. The zero-order chi connectivity index (χ0) is 17.8. The first-order chi connectivity index (χ1) is 12.1. The molecular formula is C20H29N3O2. The van der Waals surface area contributed by atoms with Crippen LogP contribution in [0.25, 0.3) is 0 Å². The lowest BCUT2D eigenvalue weighted by atomic mass is 9.99. The number of likely N-dealkylation sites (tertiary alicyclic amines) is 1. The van der Waals surface area contributed by atoms with Gasteiger partial charge in [-0.1, -0.05) is 24.3 Å². The van der Waals surface area contributed by atoms with Crippen molar-refractivity contribution in [1.82, 2.24) is 10.2 Å². The molecule has 1 saturated carbocycles. The highest BCUT2D eigenvalue weighted by atomic mass is 16.2. The van der Waals surface area contributed by atoms with E-state index in [2.05, 4.69) is 30.4 Å². The van der Waals surface area contributed by atoms with Gasteiger partial charge in [-0.25, -0.2) is 0 Å². The van der Waals surface area contributed by atoms with Crippen molar-refractivity contribution < 1.29 is 9.59 Å². The molecule has 136 valence electrons. The topological polar surface area (TPSA) is 75.4 Å². The van der Waals surface area contributed by atoms with Crippen LogP contribution in [0, 0.1) is 12.8 Å². The maximum absolute atomic E-state index is 13.0. The van der Waals surface area contributed by atoms with Crippen LogP contribution >= 0.6 is 0 Å². The van der Waals surface area contributed by atoms with Crippen LogP contribution in [0.5, 0.6) is 0 Å². The molecule has 0 bridgehead atoms. The normalized spacial score (nSPS) is 25.5. The van der Waals surface area contributed by atoms with Crippen LogP contribution in [0.3, 0.4) is 0 Å². The average molecular weight is 343 g/mol. The van der Waals surface area contributed by atoms with E-state index in [-0.39, 0.29) is 23.8 Å². The van der Waals surface area contributed by atoms with Gasteiger partial charge in [0, 0.05) is 38.0 Å². The second-order valence-electron chi connectivity index (χ2n) is 7.33. The van der Waals surface area contributed by atoms with Crippen LogP contribution in [0.2, 0.25) is 0 Å². The SMILES string of the molecule is Cc1ccccc1C1CC1C(=O)N1CCCCC1CNC(=O)CCN. The summed E-state index contributed by atoms with van der Waals surface area (Å²) in [5.41, 5.74) is 8.00. The first kappa shape index (κ1) is 17.9. The third-order valence-corrected chi connectivity index (χ3v) is 5.51. The molecule has 0 spiro atoms. The molecule has 2 fully saturated rings. The molecule has 1 heterocycles. The minimum Gasteiger partial charge on any atom is -0.354 e. The van der Waals surface area contributed by atoms with E-state index in [1.165, 1.54) is 11.1 Å². The first-order valence-electron chi connectivity index (χ1n) is 9.44. The maximum atomic E-state index is 13.0. The highest BCUT2D eigenvalue weighted by molar-refractivity contribution is 5.83. The van der Waals surface area contributed by atoms with E-state index in [1.54, 1.807) is 0 Å². The van der Waals surface area contributed by atoms with Gasteiger partial charge in [0.25, 0.3) is 0 Å². The molecule has 2 amide bonds. The molecule has 3 rings (SSSR count). The summed E-state index contributed by atoms with van der Waals surface area (Å²) >= 11 is 0. The largest absolute Gasteiger partial charge is 0.354 e. The molecule has 0 aromatic heterocycles. The fraction of sp³-hybridized carbons (Fsp3) is 0.600. The molecule has 1 saturated heterocycles. The molecular weight excluding hydrogens is 314 g/mol. The van der Waals surface area contributed by atoms with Gasteiger partial charge in [0.05, 0.1) is 0 Å². The van der Waals surface area contributed by atoms with Crippen LogP contribution in [0.1, 0.15) is 49.1 Å². The number of nitrogens with zero attached hydrogens (tertiary/aromatic N) is 1. The monoisotopic (exact) mass is 343 g/mol. The molecule has 5 heteroatoms. The highest BCUT2D eigenvalue weighted by Gasteiger charge is 2.47. The number of amides is 2. The lowest BCUT2D eigenvalue weighted by molar-refractivity contribution is -0.137. The van der Waals surface area contributed by atoms with Gasteiger partial charge < -0.3 is 16.0 Å². The lowest BCUT2D eigenvalue weighted by Crippen LogP contribution is -2.50. The third kappa shape index (κ3) is 4.21. The highest BCUT2D eigenvalue weighted by Crippen LogP contribution is 2.49. The van der Waals surface area contributed by atoms with Gasteiger partial charge in [0.1, 0.15) is 0 Å². The second-order valence-corrected chi connectivity index (χ2v) is 7.33. The molecule has 1 aliphatic carbocycles. The van der Waals surface area contributed by atoms with Crippen molar-refractivity contribution in [2.75, 3.05) is 19.6 Å². The number of nitrogens with one attached hydrogen (secondary N) is 1.